The van der Waals surface area contributed by atoms with Gasteiger partial charge in [0.1, 0.15) is 11.3 Å². The summed E-state index contributed by atoms with van der Waals surface area (Å²) in [5, 5.41) is 2.88. The molecule has 7 heteroatoms. The van der Waals surface area contributed by atoms with E-state index in [0.717, 1.165) is 12.3 Å². The maximum atomic E-state index is 12.6. The van der Waals surface area contributed by atoms with Crippen LogP contribution in [0.4, 0.5) is 4.79 Å². The van der Waals surface area contributed by atoms with Gasteiger partial charge in [-0.25, -0.2) is 9.78 Å². The zero-order valence-corrected chi connectivity index (χ0v) is 12.5. The number of likely N-dealkylation sites (tertiary alicyclic amines) is 1. The van der Waals surface area contributed by atoms with Crippen molar-refractivity contribution in [2.75, 3.05) is 13.1 Å². The molecule has 2 saturated heterocycles. The van der Waals surface area contributed by atoms with Crippen molar-refractivity contribution in [1.29, 1.82) is 0 Å². The van der Waals surface area contributed by atoms with Gasteiger partial charge >= 0.3 is 6.03 Å². The maximum absolute atomic E-state index is 12.6. The molecule has 1 spiro atoms. The SMILES string of the molecule is Cc1cnc(CN2CCC3(C2)NC(=O)N(C(C)C)C3=O)o1. The van der Waals surface area contributed by atoms with Crippen molar-refractivity contribution in [2.45, 2.75) is 45.3 Å². The minimum atomic E-state index is -0.775. The minimum absolute atomic E-state index is 0.117. The van der Waals surface area contributed by atoms with Crippen molar-refractivity contribution in [3.05, 3.63) is 17.8 Å². The third kappa shape index (κ3) is 2.31. The molecule has 1 atom stereocenters. The van der Waals surface area contributed by atoms with E-state index in [0.29, 0.717) is 25.4 Å². The number of nitrogens with zero attached hydrogens (tertiary/aromatic N) is 3. The number of oxazole rings is 1. The predicted octanol–water partition coefficient (Wildman–Crippen LogP) is 0.888. The van der Waals surface area contributed by atoms with Crippen molar-refractivity contribution < 1.29 is 14.0 Å². The number of carbonyl (C=O) groups excluding carboxylic acids is 2. The van der Waals surface area contributed by atoms with Crippen molar-refractivity contribution in [3.8, 4) is 0 Å². The Balaban J connectivity index is 1.71. The van der Waals surface area contributed by atoms with Crippen LogP contribution in [0, 0.1) is 6.92 Å². The maximum Gasteiger partial charge on any atom is 0.325 e. The largest absolute Gasteiger partial charge is 0.445 e. The van der Waals surface area contributed by atoms with E-state index in [1.807, 2.05) is 20.8 Å². The monoisotopic (exact) mass is 292 g/mol. The van der Waals surface area contributed by atoms with Crippen LogP contribution in [0.15, 0.2) is 10.6 Å². The number of carbonyl (C=O) groups is 2. The van der Waals surface area contributed by atoms with Crippen LogP contribution in [0.1, 0.15) is 31.9 Å². The molecule has 7 nitrogen and oxygen atoms in total. The fourth-order valence-electron chi connectivity index (χ4n) is 3.08. The van der Waals surface area contributed by atoms with E-state index in [4.69, 9.17) is 4.42 Å². The number of rotatable bonds is 3. The van der Waals surface area contributed by atoms with E-state index in [1.165, 1.54) is 4.90 Å². The lowest BCUT2D eigenvalue weighted by molar-refractivity contribution is -0.132. The molecular weight excluding hydrogens is 272 g/mol. The zero-order chi connectivity index (χ0) is 15.2. The summed E-state index contributed by atoms with van der Waals surface area (Å²) in [5.41, 5.74) is -0.775. The van der Waals surface area contributed by atoms with E-state index in [2.05, 4.69) is 15.2 Å². The number of nitrogens with one attached hydrogen (secondary N) is 1. The Hall–Kier alpha value is -1.89. The molecule has 1 N–H and O–H groups in total. The molecule has 0 saturated carbocycles. The molecule has 114 valence electrons. The molecule has 2 aliphatic heterocycles. The number of imide groups is 1. The average Bonchev–Trinajstić information content (AvgIpc) is 3.03. The molecule has 3 heterocycles. The first kappa shape index (κ1) is 14.1. The second-order valence-electron chi connectivity index (χ2n) is 6.11. The first-order valence-corrected chi connectivity index (χ1v) is 7.21. The Morgan fingerprint density at radius 1 is 1.48 bits per heavy atom. The molecule has 21 heavy (non-hydrogen) atoms. The van der Waals surface area contributed by atoms with Crippen LogP contribution in [0.5, 0.6) is 0 Å². The third-order valence-corrected chi connectivity index (χ3v) is 4.09. The summed E-state index contributed by atoms with van der Waals surface area (Å²) in [6.07, 6.45) is 2.31. The lowest BCUT2D eigenvalue weighted by atomic mass is 9.99. The van der Waals surface area contributed by atoms with Crippen LogP contribution < -0.4 is 5.32 Å². The molecule has 2 fully saturated rings. The van der Waals surface area contributed by atoms with E-state index in [-0.39, 0.29) is 18.0 Å². The second kappa shape index (κ2) is 4.84. The smallest absolute Gasteiger partial charge is 0.325 e. The van der Waals surface area contributed by atoms with Crippen LogP contribution in [-0.2, 0) is 11.3 Å². The molecule has 0 bridgehead atoms. The van der Waals surface area contributed by atoms with Crippen LogP contribution in [-0.4, -0.2) is 51.4 Å². The molecule has 0 aromatic carbocycles. The van der Waals surface area contributed by atoms with Crippen LogP contribution in [0.25, 0.3) is 0 Å². The van der Waals surface area contributed by atoms with E-state index >= 15 is 0 Å². The molecule has 1 unspecified atom stereocenters. The number of aryl methyl sites for hydroxylation is 1. The summed E-state index contributed by atoms with van der Waals surface area (Å²) in [6, 6.07) is -0.413. The summed E-state index contributed by atoms with van der Waals surface area (Å²) in [7, 11) is 0. The van der Waals surface area contributed by atoms with E-state index in [9.17, 15) is 9.59 Å². The van der Waals surface area contributed by atoms with Crippen molar-refractivity contribution >= 4 is 11.9 Å². The Labute approximate surface area is 123 Å². The summed E-state index contributed by atoms with van der Waals surface area (Å²) < 4.78 is 5.47. The molecule has 1 aromatic heterocycles. The number of aromatic nitrogens is 1. The van der Waals surface area contributed by atoms with Crippen molar-refractivity contribution in [3.63, 3.8) is 0 Å². The van der Waals surface area contributed by atoms with E-state index < -0.39 is 5.54 Å². The lowest BCUT2D eigenvalue weighted by Gasteiger charge is -2.22. The van der Waals surface area contributed by atoms with Gasteiger partial charge < -0.3 is 9.73 Å². The van der Waals surface area contributed by atoms with Crippen molar-refractivity contribution in [2.24, 2.45) is 0 Å². The zero-order valence-electron chi connectivity index (χ0n) is 12.5. The average molecular weight is 292 g/mol. The number of amides is 3. The lowest BCUT2D eigenvalue weighted by Crippen LogP contribution is -2.49. The van der Waals surface area contributed by atoms with Crippen LogP contribution in [0.3, 0.4) is 0 Å². The molecular formula is C14H20N4O3. The first-order chi connectivity index (χ1) is 9.91. The van der Waals surface area contributed by atoms with Gasteiger partial charge in [-0.05, 0) is 27.2 Å². The fourth-order valence-corrected chi connectivity index (χ4v) is 3.08. The van der Waals surface area contributed by atoms with Gasteiger partial charge in [0.15, 0.2) is 0 Å². The fraction of sp³-hybridized carbons (Fsp3) is 0.643. The second-order valence-corrected chi connectivity index (χ2v) is 6.11. The Kier molecular flexibility index (Phi) is 3.24. The Morgan fingerprint density at radius 2 is 2.24 bits per heavy atom. The first-order valence-electron chi connectivity index (χ1n) is 7.21. The van der Waals surface area contributed by atoms with E-state index in [1.54, 1.807) is 6.20 Å². The minimum Gasteiger partial charge on any atom is -0.445 e. The number of hydrogen-bond acceptors (Lipinski definition) is 5. The highest BCUT2D eigenvalue weighted by Crippen LogP contribution is 2.30. The Morgan fingerprint density at radius 3 is 2.81 bits per heavy atom. The van der Waals surface area contributed by atoms with Gasteiger partial charge in [-0.3, -0.25) is 14.6 Å². The Bertz CT molecular complexity index is 583. The van der Waals surface area contributed by atoms with Gasteiger partial charge in [0, 0.05) is 19.1 Å². The molecule has 0 aliphatic carbocycles. The highest BCUT2D eigenvalue weighted by molar-refractivity contribution is 6.07. The summed E-state index contributed by atoms with van der Waals surface area (Å²) in [6.45, 7) is 7.34. The van der Waals surface area contributed by atoms with Gasteiger partial charge in [-0.1, -0.05) is 0 Å². The predicted molar refractivity (Wildman–Crippen MR) is 74.4 cm³/mol. The molecule has 1 aromatic rings. The van der Waals surface area contributed by atoms with Gasteiger partial charge in [-0.2, -0.15) is 0 Å². The standard InChI is InChI=1S/C14H20N4O3/c1-9(2)18-12(19)14(16-13(18)20)4-5-17(8-14)7-11-15-6-10(3)21-11/h6,9H,4-5,7-8H2,1-3H3,(H,16,20). The highest BCUT2D eigenvalue weighted by Gasteiger charge is 2.55. The molecule has 3 rings (SSSR count). The number of hydrogen-bond donors (Lipinski definition) is 1. The normalized spacial score (nSPS) is 26.4. The summed E-state index contributed by atoms with van der Waals surface area (Å²) in [4.78, 5) is 32.1. The summed E-state index contributed by atoms with van der Waals surface area (Å²) in [5.74, 6) is 1.30. The van der Waals surface area contributed by atoms with Crippen LogP contribution >= 0.6 is 0 Å². The van der Waals surface area contributed by atoms with Gasteiger partial charge in [0.25, 0.3) is 5.91 Å². The van der Waals surface area contributed by atoms with Gasteiger partial charge in [0.05, 0.1) is 12.7 Å². The molecule has 2 aliphatic rings. The van der Waals surface area contributed by atoms with Gasteiger partial charge in [0.2, 0.25) is 5.89 Å². The van der Waals surface area contributed by atoms with Gasteiger partial charge in [-0.15, -0.1) is 0 Å². The third-order valence-electron chi connectivity index (χ3n) is 4.09. The molecule has 0 radical (unpaired) electrons. The molecule has 3 amide bonds. The van der Waals surface area contributed by atoms with Crippen LogP contribution in [0.2, 0.25) is 0 Å². The summed E-state index contributed by atoms with van der Waals surface area (Å²) >= 11 is 0. The topological polar surface area (TPSA) is 78.7 Å². The number of urea groups is 1. The van der Waals surface area contributed by atoms with Crippen molar-refractivity contribution in [1.82, 2.24) is 20.1 Å². The highest BCUT2D eigenvalue weighted by atomic mass is 16.4. The quantitative estimate of drug-likeness (QED) is 0.837.